The minimum Gasteiger partial charge on any atom is -0.360 e. The third kappa shape index (κ3) is 1.40. The summed E-state index contributed by atoms with van der Waals surface area (Å²) in [7, 11) is 0. The fourth-order valence-electron chi connectivity index (χ4n) is 1.24. The van der Waals surface area contributed by atoms with Crippen molar-refractivity contribution in [1.82, 2.24) is 5.16 Å². The van der Waals surface area contributed by atoms with Crippen LogP contribution in [0.3, 0.4) is 0 Å². The van der Waals surface area contributed by atoms with Gasteiger partial charge in [0.25, 0.3) is 0 Å². The van der Waals surface area contributed by atoms with Gasteiger partial charge in [-0.25, -0.2) is 0 Å². The summed E-state index contributed by atoms with van der Waals surface area (Å²) >= 11 is 0. The number of hydrogen-bond acceptors (Lipinski definition) is 3. The maximum Gasteiger partial charge on any atom is 0.165 e. The summed E-state index contributed by atoms with van der Waals surface area (Å²) in [4.78, 5) is 11.2. The largest absolute Gasteiger partial charge is 0.360 e. The van der Waals surface area contributed by atoms with E-state index in [2.05, 4.69) is 5.16 Å². The minimum atomic E-state index is 0.0463. The number of rotatable bonds is 3. The summed E-state index contributed by atoms with van der Waals surface area (Å²) in [6.45, 7) is 5.46. The molecule has 0 aliphatic rings. The number of carbonyl (C=O) groups is 1. The third-order valence-corrected chi connectivity index (χ3v) is 1.84. The van der Waals surface area contributed by atoms with Crippen LogP contribution in [0.5, 0.6) is 0 Å². The van der Waals surface area contributed by atoms with Gasteiger partial charge in [-0.15, -0.1) is 0 Å². The molecule has 0 saturated heterocycles. The van der Waals surface area contributed by atoms with Crippen LogP contribution in [-0.4, -0.2) is 10.9 Å². The third-order valence-electron chi connectivity index (χ3n) is 1.84. The van der Waals surface area contributed by atoms with Crippen LogP contribution in [0.4, 0.5) is 0 Å². The summed E-state index contributed by atoms with van der Waals surface area (Å²) in [5.41, 5.74) is 1.46. The van der Waals surface area contributed by atoms with Gasteiger partial charge >= 0.3 is 0 Å². The second-order valence-corrected chi connectivity index (χ2v) is 2.69. The van der Waals surface area contributed by atoms with E-state index >= 15 is 0 Å². The second-order valence-electron chi connectivity index (χ2n) is 2.69. The Morgan fingerprint density at radius 1 is 1.42 bits per heavy atom. The first kappa shape index (κ1) is 8.97. The first-order valence-corrected chi connectivity index (χ1v) is 4.19. The van der Waals surface area contributed by atoms with Crippen LogP contribution < -0.4 is 0 Å². The normalized spacial score (nSPS) is 10.2. The SMILES string of the molecule is CCc1noc(CC)c1C(C)=O. The van der Waals surface area contributed by atoms with E-state index in [0.717, 1.165) is 18.5 Å². The first-order chi connectivity index (χ1) is 5.70. The fraction of sp³-hybridized carbons (Fsp3) is 0.556. The molecule has 0 aliphatic heterocycles. The van der Waals surface area contributed by atoms with Gasteiger partial charge in [0.1, 0.15) is 5.76 Å². The molecule has 0 unspecified atom stereocenters. The Bertz CT molecular complexity index is 267. The van der Waals surface area contributed by atoms with E-state index in [9.17, 15) is 4.79 Å². The van der Waals surface area contributed by atoms with Crippen LogP contribution in [0, 0.1) is 0 Å². The van der Waals surface area contributed by atoms with E-state index in [4.69, 9.17) is 4.52 Å². The lowest BCUT2D eigenvalue weighted by Crippen LogP contribution is -1.99. The Morgan fingerprint density at radius 3 is 2.50 bits per heavy atom. The highest BCUT2D eigenvalue weighted by atomic mass is 16.5. The molecule has 3 nitrogen and oxygen atoms in total. The number of aromatic nitrogens is 1. The van der Waals surface area contributed by atoms with Gasteiger partial charge in [0.15, 0.2) is 5.78 Å². The minimum absolute atomic E-state index is 0.0463. The van der Waals surface area contributed by atoms with Gasteiger partial charge < -0.3 is 4.52 Å². The van der Waals surface area contributed by atoms with Gasteiger partial charge in [-0.05, 0) is 13.3 Å². The highest BCUT2D eigenvalue weighted by molar-refractivity contribution is 5.96. The number of hydrogen-bond donors (Lipinski definition) is 0. The molecule has 0 spiro atoms. The number of nitrogens with zero attached hydrogens (tertiary/aromatic N) is 1. The molecule has 1 rings (SSSR count). The fourth-order valence-corrected chi connectivity index (χ4v) is 1.24. The molecule has 0 N–H and O–H groups in total. The topological polar surface area (TPSA) is 43.1 Å². The van der Waals surface area contributed by atoms with Gasteiger partial charge in [-0.3, -0.25) is 4.79 Å². The van der Waals surface area contributed by atoms with E-state index in [-0.39, 0.29) is 5.78 Å². The molecule has 0 saturated carbocycles. The summed E-state index contributed by atoms with van der Waals surface area (Å²) < 4.78 is 5.03. The molecule has 0 fully saturated rings. The number of Topliss-reactive ketones (excluding diaryl/α,β-unsaturated/α-hetero) is 1. The quantitative estimate of drug-likeness (QED) is 0.646. The van der Waals surface area contributed by atoms with Crippen molar-refractivity contribution in [1.29, 1.82) is 0 Å². The zero-order valence-corrected chi connectivity index (χ0v) is 7.68. The molecule has 0 aromatic carbocycles. The van der Waals surface area contributed by atoms with Crippen molar-refractivity contribution in [2.24, 2.45) is 0 Å². The van der Waals surface area contributed by atoms with Crippen LogP contribution in [0.25, 0.3) is 0 Å². The maximum absolute atomic E-state index is 11.2. The van der Waals surface area contributed by atoms with Crippen LogP contribution in [0.15, 0.2) is 4.52 Å². The zero-order chi connectivity index (χ0) is 9.14. The van der Waals surface area contributed by atoms with Crippen molar-refractivity contribution >= 4 is 5.78 Å². The van der Waals surface area contributed by atoms with Gasteiger partial charge in [0, 0.05) is 6.42 Å². The molecular weight excluding hydrogens is 154 g/mol. The summed E-state index contributed by atoms with van der Waals surface area (Å²) in [5.74, 6) is 0.754. The Labute approximate surface area is 71.7 Å². The lowest BCUT2D eigenvalue weighted by atomic mass is 10.1. The average molecular weight is 167 g/mol. The van der Waals surface area contributed by atoms with Crippen molar-refractivity contribution in [2.45, 2.75) is 33.6 Å². The van der Waals surface area contributed by atoms with Crippen LogP contribution >= 0.6 is 0 Å². The van der Waals surface area contributed by atoms with E-state index in [1.807, 2.05) is 13.8 Å². The molecule has 0 bridgehead atoms. The molecule has 66 valence electrons. The van der Waals surface area contributed by atoms with E-state index < -0.39 is 0 Å². The lowest BCUT2D eigenvalue weighted by molar-refractivity contribution is 0.101. The first-order valence-electron chi connectivity index (χ1n) is 4.19. The van der Waals surface area contributed by atoms with Crippen LogP contribution in [0.1, 0.15) is 42.6 Å². The number of ketones is 1. The van der Waals surface area contributed by atoms with Gasteiger partial charge in [0.05, 0.1) is 11.3 Å². The Hall–Kier alpha value is -1.12. The Morgan fingerprint density at radius 2 is 2.08 bits per heavy atom. The van der Waals surface area contributed by atoms with Crippen molar-refractivity contribution < 1.29 is 9.32 Å². The van der Waals surface area contributed by atoms with Gasteiger partial charge in [0.2, 0.25) is 0 Å². The van der Waals surface area contributed by atoms with Crippen molar-refractivity contribution in [3.8, 4) is 0 Å². The molecule has 0 amide bonds. The predicted molar refractivity (Wildman–Crippen MR) is 45.3 cm³/mol. The molecule has 3 heteroatoms. The highest BCUT2D eigenvalue weighted by Gasteiger charge is 2.16. The number of carbonyl (C=O) groups excluding carboxylic acids is 1. The molecule has 0 radical (unpaired) electrons. The molecule has 0 aliphatic carbocycles. The molecule has 12 heavy (non-hydrogen) atoms. The number of aryl methyl sites for hydroxylation is 2. The van der Waals surface area contributed by atoms with Crippen molar-refractivity contribution in [3.05, 3.63) is 17.0 Å². The molecule has 1 aromatic rings. The zero-order valence-electron chi connectivity index (χ0n) is 7.68. The standard InChI is InChI=1S/C9H13NO2/c1-4-7-9(6(3)11)8(5-2)12-10-7/h4-5H2,1-3H3. The molecule has 0 atom stereocenters. The molecule has 1 aromatic heterocycles. The van der Waals surface area contributed by atoms with Gasteiger partial charge in [-0.1, -0.05) is 19.0 Å². The summed E-state index contributed by atoms with van der Waals surface area (Å²) in [5, 5.41) is 3.83. The van der Waals surface area contributed by atoms with E-state index in [0.29, 0.717) is 11.3 Å². The van der Waals surface area contributed by atoms with Crippen LogP contribution in [0.2, 0.25) is 0 Å². The summed E-state index contributed by atoms with van der Waals surface area (Å²) in [6.07, 6.45) is 1.47. The van der Waals surface area contributed by atoms with Crippen LogP contribution in [-0.2, 0) is 12.8 Å². The van der Waals surface area contributed by atoms with E-state index in [1.165, 1.54) is 0 Å². The molecule has 1 heterocycles. The Balaban J connectivity index is 3.16. The maximum atomic E-state index is 11.2. The average Bonchev–Trinajstić information content (AvgIpc) is 2.46. The van der Waals surface area contributed by atoms with E-state index in [1.54, 1.807) is 6.92 Å². The Kier molecular flexibility index (Phi) is 2.63. The second kappa shape index (κ2) is 3.52. The van der Waals surface area contributed by atoms with Crippen molar-refractivity contribution in [3.63, 3.8) is 0 Å². The smallest absolute Gasteiger partial charge is 0.165 e. The monoisotopic (exact) mass is 167 g/mol. The highest BCUT2D eigenvalue weighted by Crippen LogP contribution is 2.15. The predicted octanol–water partition coefficient (Wildman–Crippen LogP) is 2.00. The van der Waals surface area contributed by atoms with Gasteiger partial charge in [-0.2, -0.15) is 0 Å². The van der Waals surface area contributed by atoms with Crippen molar-refractivity contribution in [2.75, 3.05) is 0 Å². The molecular formula is C9H13NO2. The summed E-state index contributed by atoms with van der Waals surface area (Å²) in [6, 6.07) is 0. The lowest BCUT2D eigenvalue weighted by Gasteiger charge is -1.93.